The minimum absolute atomic E-state index is 0.655. The molecule has 1 saturated carbocycles. The lowest BCUT2D eigenvalue weighted by Gasteiger charge is -2.14. The molecule has 0 aromatic heterocycles. The molecular formula is C15H20ClNO2. The van der Waals surface area contributed by atoms with Gasteiger partial charge in [0.15, 0.2) is 11.5 Å². The summed E-state index contributed by atoms with van der Waals surface area (Å²) in [5, 5.41) is 4.25. The molecule has 1 aliphatic heterocycles. The van der Waals surface area contributed by atoms with Gasteiger partial charge in [-0.05, 0) is 30.5 Å². The monoisotopic (exact) mass is 281 g/mol. The number of ether oxygens (including phenoxy) is 2. The van der Waals surface area contributed by atoms with Crippen molar-refractivity contribution >= 4 is 11.6 Å². The van der Waals surface area contributed by atoms with Gasteiger partial charge >= 0.3 is 0 Å². The largest absolute Gasteiger partial charge is 0.489 e. The van der Waals surface area contributed by atoms with Crippen molar-refractivity contribution in [3.05, 3.63) is 22.7 Å². The van der Waals surface area contributed by atoms with E-state index in [9.17, 15) is 0 Å². The van der Waals surface area contributed by atoms with Crippen LogP contribution in [0.2, 0.25) is 5.02 Å². The second kappa shape index (κ2) is 6.02. The fourth-order valence-electron chi connectivity index (χ4n) is 2.78. The molecule has 0 atom stereocenters. The standard InChI is InChI=1S/C15H20ClNO2/c16-13-8-11(10-17-12-4-1-2-5-12)9-14-15(13)19-7-3-6-18-14/h8-9,12,17H,1-7,10H2. The molecule has 104 valence electrons. The molecule has 0 bridgehead atoms. The van der Waals surface area contributed by atoms with Crippen molar-refractivity contribution < 1.29 is 9.47 Å². The van der Waals surface area contributed by atoms with Gasteiger partial charge in [0, 0.05) is 19.0 Å². The zero-order valence-corrected chi connectivity index (χ0v) is 11.8. The van der Waals surface area contributed by atoms with Gasteiger partial charge in [-0.3, -0.25) is 0 Å². The summed E-state index contributed by atoms with van der Waals surface area (Å²) in [6, 6.07) is 4.70. The third kappa shape index (κ3) is 3.15. The number of hydrogen-bond donors (Lipinski definition) is 1. The van der Waals surface area contributed by atoms with Crippen molar-refractivity contribution in [2.75, 3.05) is 13.2 Å². The fourth-order valence-corrected chi connectivity index (χ4v) is 3.07. The van der Waals surface area contributed by atoms with E-state index in [1.807, 2.05) is 6.07 Å². The van der Waals surface area contributed by atoms with Gasteiger partial charge in [-0.2, -0.15) is 0 Å². The highest BCUT2D eigenvalue weighted by atomic mass is 35.5. The maximum atomic E-state index is 6.28. The van der Waals surface area contributed by atoms with E-state index in [2.05, 4.69) is 11.4 Å². The molecule has 0 amide bonds. The zero-order valence-electron chi connectivity index (χ0n) is 11.1. The van der Waals surface area contributed by atoms with Crippen molar-refractivity contribution in [1.82, 2.24) is 5.32 Å². The Hall–Kier alpha value is -0.930. The molecule has 0 saturated heterocycles. The van der Waals surface area contributed by atoms with Crippen LogP contribution in [0.25, 0.3) is 0 Å². The molecule has 3 nitrogen and oxygen atoms in total. The molecule has 1 fully saturated rings. The molecule has 19 heavy (non-hydrogen) atoms. The third-order valence-electron chi connectivity index (χ3n) is 3.81. The Morgan fingerprint density at radius 1 is 1.11 bits per heavy atom. The van der Waals surface area contributed by atoms with Crippen LogP contribution >= 0.6 is 11.6 Å². The first kappa shape index (κ1) is 13.1. The smallest absolute Gasteiger partial charge is 0.179 e. The Morgan fingerprint density at radius 3 is 2.74 bits per heavy atom. The average Bonchev–Trinajstić information content (AvgIpc) is 2.81. The summed E-state index contributed by atoms with van der Waals surface area (Å²) in [5.74, 6) is 1.48. The van der Waals surface area contributed by atoms with E-state index in [0.29, 0.717) is 30.0 Å². The first-order valence-electron chi connectivity index (χ1n) is 7.14. The van der Waals surface area contributed by atoms with Gasteiger partial charge in [0.1, 0.15) is 0 Å². The molecule has 1 aromatic carbocycles. The quantitative estimate of drug-likeness (QED) is 0.919. The highest BCUT2D eigenvalue weighted by Gasteiger charge is 2.17. The first-order valence-corrected chi connectivity index (χ1v) is 7.52. The lowest BCUT2D eigenvalue weighted by atomic mass is 10.1. The highest BCUT2D eigenvalue weighted by molar-refractivity contribution is 6.32. The Labute approximate surface area is 119 Å². The molecule has 1 heterocycles. The predicted molar refractivity (Wildman–Crippen MR) is 76.2 cm³/mol. The Bertz CT molecular complexity index is 444. The summed E-state index contributed by atoms with van der Waals surface area (Å²) in [4.78, 5) is 0. The highest BCUT2D eigenvalue weighted by Crippen LogP contribution is 2.38. The Balaban J connectivity index is 1.71. The maximum Gasteiger partial charge on any atom is 0.179 e. The molecule has 2 aliphatic rings. The van der Waals surface area contributed by atoms with Crippen molar-refractivity contribution in [2.45, 2.75) is 44.7 Å². The molecule has 4 heteroatoms. The Kier molecular flexibility index (Phi) is 4.14. The molecule has 1 aromatic rings. The van der Waals surface area contributed by atoms with Gasteiger partial charge in [-0.15, -0.1) is 0 Å². The summed E-state index contributed by atoms with van der Waals surface area (Å²) >= 11 is 6.28. The maximum absolute atomic E-state index is 6.28. The lowest BCUT2D eigenvalue weighted by molar-refractivity contribution is 0.297. The zero-order chi connectivity index (χ0) is 13.1. The number of hydrogen-bond acceptors (Lipinski definition) is 3. The van der Waals surface area contributed by atoms with Crippen LogP contribution in [-0.4, -0.2) is 19.3 Å². The van der Waals surface area contributed by atoms with Crippen LogP contribution in [0.3, 0.4) is 0 Å². The minimum Gasteiger partial charge on any atom is -0.489 e. The van der Waals surface area contributed by atoms with E-state index < -0.39 is 0 Å². The summed E-state index contributed by atoms with van der Waals surface area (Å²) in [7, 11) is 0. The van der Waals surface area contributed by atoms with Crippen molar-refractivity contribution in [1.29, 1.82) is 0 Å². The average molecular weight is 282 g/mol. The van der Waals surface area contributed by atoms with Crippen molar-refractivity contribution in [2.24, 2.45) is 0 Å². The van der Waals surface area contributed by atoms with Crippen LogP contribution in [0.4, 0.5) is 0 Å². The number of rotatable bonds is 3. The van der Waals surface area contributed by atoms with Gasteiger partial charge in [0.25, 0.3) is 0 Å². The van der Waals surface area contributed by atoms with Gasteiger partial charge in [-0.1, -0.05) is 24.4 Å². The van der Waals surface area contributed by atoms with E-state index in [4.69, 9.17) is 21.1 Å². The van der Waals surface area contributed by atoms with Crippen LogP contribution < -0.4 is 14.8 Å². The second-order valence-corrected chi connectivity index (χ2v) is 5.72. The van der Waals surface area contributed by atoms with Gasteiger partial charge in [0.2, 0.25) is 0 Å². The summed E-state index contributed by atoms with van der Waals surface area (Å²) < 4.78 is 11.3. The van der Waals surface area contributed by atoms with Crippen molar-refractivity contribution in [3.63, 3.8) is 0 Å². The molecule has 1 N–H and O–H groups in total. The minimum atomic E-state index is 0.655. The number of nitrogens with one attached hydrogen (secondary N) is 1. The number of benzene rings is 1. The number of fused-ring (bicyclic) bond motifs is 1. The molecule has 0 unspecified atom stereocenters. The molecule has 0 spiro atoms. The molecule has 1 aliphatic carbocycles. The fraction of sp³-hybridized carbons (Fsp3) is 0.600. The molecular weight excluding hydrogens is 262 g/mol. The SMILES string of the molecule is Clc1cc(CNC2CCCC2)cc2c1OCCCO2. The van der Waals surface area contributed by atoms with Crippen LogP contribution in [0.5, 0.6) is 11.5 Å². The predicted octanol–water partition coefficient (Wildman–Crippen LogP) is 3.53. The van der Waals surface area contributed by atoms with Crippen LogP contribution in [0.1, 0.15) is 37.7 Å². The van der Waals surface area contributed by atoms with Crippen LogP contribution in [-0.2, 0) is 6.54 Å². The molecule has 0 radical (unpaired) electrons. The summed E-state index contributed by atoms with van der Waals surface area (Å²) in [5.41, 5.74) is 1.17. The normalized spacial score (nSPS) is 19.4. The van der Waals surface area contributed by atoms with Crippen LogP contribution in [0.15, 0.2) is 12.1 Å². The topological polar surface area (TPSA) is 30.5 Å². The summed E-state index contributed by atoms with van der Waals surface area (Å²) in [6.45, 7) is 2.22. The summed E-state index contributed by atoms with van der Waals surface area (Å²) in [6.07, 6.45) is 6.18. The van der Waals surface area contributed by atoms with Crippen LogP contribution in [0, 0.1) is 0 Å². The van der Waals surface area contributed by atoms with Gasteiger partial charge in [0.05, 0.1) is 18.2 Å². The van der Waals surface area contributed by atoms with E-state index in [-0.39, 0.29) is 0 Å². The van der Waals surface area contributed by atoms with E-state index in [1.54, 1.807) is 0 Å². The van der Waals surface area contributed by atoms with Gasteiger partial charge < -0.3 is 14.8 Å². The second-order valence-electron chi connectivity index (χ2n) is 5.32. The van der Waals surface area contributed by atoms with Gasteiger partial charge in [-0.25, -0.2) is 0 Å². The van der Waals surface area contributed by atoms with E-state index in [0.717, 1.165) is 18.7 Å². The van der Waals surface area contributed by atoms with Crippen molar-refractivity contribution in [3.8, 4) is 11.5 Å². The first-order chi connectivity index (χ1) is 9.33. The number of halogens is 1. The lowest BCUT2D eigenvalue weighted by Crippen LogP contribution is -2.25. The Morgan fingerprint density at radius 2 is 1.89 bits per heavy atom. The van der Waals surface area contributed by atoms with E-state index in [1.165, 1.54) is 31.2 Å². The van der Waals surface area contributed by atoms with E-state index >= 15 is 0 Å². The molecule has 3 rings (SSSR count). The third-order valence-corrected chi connectivity index (χ3v) is 4.09.